The minimum absolute atomic E-state index is 0.260. The van der Waals surface area contributed by atoms with Gasteiger partial charge in [-0.2, -0.15) is 5.10 Å². The van der Waals surface area contributed by atoms with Gasteiger partial charge in [0.1, 0.15) is 6.04 Å². The Morgan fingerprint density at radius 3 is 2.48 bits per heavy atom. The standard InChI is InChI=1S/C21H19N5O3/c1-26-17(11-13-5-3-2-4-6-13)16(12-22-26)19(27)23-15-9-7-14(8-10-15)18-20(28)25-21(29)24-18/h2-10,12,18H,11H2,1H3,(H,23,27)(H2,24,25,28,29). The first-order chi connectivity index (χ1) is 14.0. The fourth-order valence-corrected chi connectivity index (χ4v) is 3.26. The molecule has 1 aromatic heterocycles. The maximum absolute atomic E-state index is 12.8. The molecule has 1 aliphatic rings. The number of rotatable bonds is 5. The van der Waals surface area contributed by atoms with E-state index in [0.717, 1.165) is 11.3 Å². The number of nitrogens with zero attached hydrogens (tertiary/aromatic N) is 2. The van der Waals surface area contributed by atoms with Gasteiger partial charge < -0.3 is 10.6 Å². The predicted molar refractivity (Wildman–Crippen MR) is 106 cm³/mol. The predicted octanol–water partition coefficient (Wildman–Crippen LogP) is 2.14. The zero-order valence-electron chi connectivity index (χ0n) is 15.7. The number of aromatic nitrogens is 2. The summed E-state index contributed by atoms with van der Waals surface area (Å²) in [6, 6.07) is 15.4. The number of nitrogens with one attached hydrogen (secondary N) is 3. The Hall–Kier alpha value is -3.94. The highest BCUT2D eigenvalue weighted by Gasteiger charge is 2.30. The second kappa shape index (κ2) is 7.59. The molecule has 1 aliphatic heterocycles. The summed E-state index contributed by atoms with van der Waals surface area (Å²) in [5.41, 5.74) is 3.63. The van der Waals surface area contributed by atoms with Gasteiger partial charge in [-0.05, 0) is 23.3 Å². The fraction of sp³-hybridized carbons (Fsp3) is 0.143. The molecule has 8 nitrogen and oxygen atoms in total. The quantitative estimate of drug-likeness (QED) is 0.582. The van der Waals surface area contributed by atoms with Crippen molar-refractivity contribution in [2.24, 2.45) is 7.05 Å². The van der Waals surface area contributed by atoms with Crippen molar-refractivity contribution in [1.29, 1.82) is 0 Å². The summed E-state index contributed by atoms with van der Waals surface area (Å²) in [5.74, 6) is -0.656. The number of aryl methyl sites for hydroxylation is 1. The van der Waals surface area contributed by atoms with E-state index in [9.17, 15) is 14.4 Å². The third-order valence-electron chi connectivity index (χ3n) is 4.80. The Kier molecular flexibility index (Phi) is 4.82. The van der Waals surface area contributed by atoms with Crippen LogP contribution in [-0.2, 0) is 18.3 Å². The van der Waals surface area contributed by atoms with Crippen LogP contribution >= 0.6 is 0 Å². The molecule has 8 heteroatoms. The monoisotopic (exact) mass is 389 g/mol. The Balaban J connectivity index is 1.49. The average molecular weight is 389 g/mol. The van der Waals surface area contributed by atoms with Gasteiger partial charge in [-0.3, -0.25) is 19.6 Å². The van der Waals surface area contributed by atoms with Crippen LogP contribution in [-0.4, -0.2) is 27.6 Å². The van der Waals surface area contributed by atoms with E-state index in [1.165, 1.54) is 0 Å². The van der Waals surface area contributed by atoms with Gasteiger partial charge in [0.05, 0.1) is 17.5 Å². The molecule has 146 valence electrons. The lowest BCUT2D eigenvalue weighted by Crippen LogP contribution is -2.22. The molecule has 1 unspecified atom stereocenters. The first-order valence-electron chi connectivity index (χ1n) is 9.09. The summed E-state index contributed by atoms with van der Waals surface area (Å²) in [4.78, 5) is 35.8. The van der Waals surface area contributed by atoms with Crippen LogP contribution in [0.5, 0.6) is 0 Å². The molecule has 4 rings (SSSR count). The SMILES string of the molecule is Cn1ncc(C(=O)Nc2ccc(C3NC(=O)NC3=O)cc2)c1Cc1ccccc1. The van der Waals surface area contributed by atoms with E-state index in [0.29, 0.717) is 23.2 Å². The third-order valence-corrected chi connectivity index (χ3v) is 4.80. The molecule has 1 saturated heterocycles. The van der Waals surface area contributed by atoms with Crippen molar-refractivity contribution in [3.63, 3.8) is 0 Å². The zero-order valence-corrected chi connectivity index (χ0v) is 15.7. The number of carbonyl (C=O) groups is 3. The van der Waals surface area contributed by atoms with Crippen molar-refractivity contribution in [3.05, 3.63) is 83.2 Å². The molecule has 29 heavy (non-hydrogen) atoms. The molecule has 0 bridgehead atoms. The zero-order chi connectivity index (χ0) is 20.4. The van der Waals surface area contributed by atoms with E-state index in [2.05, 4.69) is 21.0 Å². The number of benzene rings is 2. The molecule has 0 radical (unpaired) electrons. The van der Waals surface area contributed by atoms with Crippen LogP contribution in [0.3, 0.4) is 0 Å². The van der Waals surface area contributed by atoms with E-state index in [1.807, 2.05) is 37.4 Å². The summed E-state index contributed by atoms with van der Waals surface area (Å²) in [6.07, 6.45) is 2.15. The van der Waals surface area contributed by atoms with Gasteiger partial charge >= 0.3 is 6.03 Å². The van der Waals surface area contributed by atoms with Gasteiger partial charge in [0.2, 0.25) is 0 Å². The number of urea groups is 1. The van der Waals surface area contributed by atoms with E-state index in [4.69, 9.17) is 0 Å². The topological polar surface area (TPSA) is 105 Å². The van der Waals surface area contributed by atoms with Crippen LogP contribution in [0.2, 0.25) is 0 Å². The minimum atomic E-state index is -0.719. The lowest BCUT2D eigenvalue weighted by molar-refractivity contribution is -0.120. The van der Waals surface area contributed by atoms with E-state index < -0.39 is 18.0 Å². The molecule has 0 saturated carbocycles. The summed E-state index contributed by atoms with van der Waals surface area (Å²) < 4.78 is 1.70. The highest BCUT2D eigenvalue weighted by atomic mass is 16.2. The van der Waals surface area contributed by atoms with Crippen LogP contribution in [0.15, 0.2) is 60.8 Å². The number of hydrogen-bond acceptors (Lipinski definition) is 4. The highest BCUT2D eigenvalue weighted by molar-refractivity contribution is 6.06. The Morgan fingerprint density at radius 2 is 1.83 bits per heavy atom. The van der Waals surface area contributed by atoms with E-state index >= 15 is 0 Å². The third kappa shape index (κ3) is 3.86. The fourth-order valence-electron chi connectivity index (χ4n) is 3.26. The normalized spacial score (nSPS) is 15.7. The van der Waals surface area contributed by atoms with Gasteiger partial charge in [-0.25, -0.2) is 4.79 Å². The van der Waals surface area contributed by atoms with Gasteiger partial charge in [0.15, 0.2) is 0 Å². The van der Waals surface area contributed by atoms with Crippen molar-refractivity contribution in [1.82, 2.24) is 20.4 Å². The van der Waals surface area contributed by atoms with Crippen molar-refractivity contribution in [2.45, 2.75) is 12.5 Å². The second-order valence-electron chi connectivity index (χ2n) is 6.76. The van der Waals surface area contributed by atoms with Crippen LogP contribution in [0, 0.1) is 0 Å². The molecule has 2 aromatic carbocycles. The number of hydrogen-bond donors (Lipinski definition) is 3. The van der Waals surface area contributed by atoms with Crippen LogP contribution in [0.25, 0.3) is 0 Å². The number of imide groups is 1. The Morgan fingerprint density at radius 1 is 1.10 bits per heavy atom. The lowest BCUT2D eigenvalue weighted by atomic mass is 10.1. The number of anilines is 1. The molecule has 3 N–H and O–H groups in total. The van der Waals surface area contributed by atoms with Gasteiger partial charge in [-0.1, -0.05) is 42.5 Å². The summed E-state index contributed by atoms with van der Waals surface area (Å²) in [5, 5.41) is 11.8. The molecule has 3 aromatic rings. The summed E-state index contributed by atoms with van der Waals surface area (Å²) in [6.45, 7) is 0. The Bertz CT molecular complexity index is 1070. The van der Waals surface area contributed by atoms with Crippen molar-refractivity contribution in [3.8, 4) is 0 Å². The Labute approximate surface area is 166 Å². The molecular formula is C21H19N5O3. The maximum atomic E-state index is 12.8. The highest BCUT2D eigenvalue weighted by Crippen LogP contribution is 2.20. The largest absolute Gasteiger partial charge is 0.322 e. The lowest BCUT2D eigenvalue weighted by Gasteiger charge is -2.10. The second-order valence-corrected chi connectivity index (χ2v) is 6.76. The first kappa shape index (κ1) is 18.4. The molecule has 2 heterocycles. The van der Waals surface area contributed by atoms with Gasteiger partial charge in [0.25, 0.3) is 11.8 Å². The minimum Gasteiger partial charge on any atom is -0.322 e. The average Bonchev–Trinajstić information content (AvgIpc) is 3.25. The van der Waals surface area contributed by atoms with E-state index in [-0.39, 0.29) is 5.91 Å². The first-order valence-corrected chi connectivity index (χ1v) is 9.09. The molecule has 4 amide bonds. The van der Waals surface area contributed by atoms with Crippen molar-refractivity contribution < 1.29 is 14.4 Å². The summed E-state index contributed by atoms with van der Waals surface area (Å²) >= 11 is 0. The molecule has 0 spiro atoms. The number of amides is 4. The van der Waals surface area contributed by atoms with E-state index in [1.54, 1.807) is 35.1 Å². The molecular weight excluding hydrogens is 370 g/mol. The molecule has 0 aliphatic carbocycles. The van der Waals surface area contributed by atoms with Crippen LogP contribution in [0.1, 0.15) is 33.2 Å². The van der Waals surface area contributed by atoms with Crippen LogP contribution < -0.4 is 16.0 Å². The van der Waals surface area contributed by atoms with Gasteiger partial charge in [-0.15, -0.1) is 0 Å². The van der Waals surface area contributed by atoms with Crippen molar-refractivity contribution in [2.75, 3.05) is 5.32 Å². The maximum Gasteiger partial charge on any atom is 0.322 e. The molecule has 1 fully saturated rings. The van der Waals surface area contributed by atoms with Gasteiger partial charge in [0, 0.05) is 19.2 Å². The number of carbonyl (C=O) groups excluding carboxylic acids is 3. The summed E-state index contributed by atoms with van der Waals surface area (Å²) in [7, 11) is 1.81. The smallest absolute Gasteiger partial charge is 0.322 e. The molecule has 1 atom stereocenters. The van der Waals surface area contributed by atoms with Crippen LogP contribution in [0.4, 0.5) is 10.5 Å². The van der Waals surface area contributed by atoms with Crippen molar-refractivity contribution >= 4 is 23.5 Å².